The minimum atomic E-state index is -0.466. The maximum absolute atomic E-state index is 13.2. The van der Waals surface area contributed by atoms with Crippen LogP contribution in [0.15, 0.2) is 48.5 Å². The number of benzene rings is 2. The molecule has 134 valence electrons. The molecule has 0 radical (unpaired) electrons. The van der Waals surface area contributed by atoms with Crippen LogP contribution in [0.5, 0.6) is 0 Å². The van der Waals surface area contributed by atoms with Crippen LogP contribution < -0.4 is 0 Å². The molecule has 1 fully saturated rings. The second kappa shape index (κ2) is 7.12. The highest BCUT2D eigenvalue weighted by Gasteiger charge is 2.38. The van der Waals surface area contributed by atoms with Crippen LogP contribution in [-0.2, 0) is 17.8 Å². The average Bonchev–Trinajstić information content (AvgIpc) is 3.21. The molecular weight excluding hydrogens is 348 g/mol. The van der Waals surface area contributed by atoms with E-state index in [9.17, 15) is 9.59 Å². The summed E-state index contributed by atoms with van der Waals surface area (Å²) >= 11 is 6.25. The van der Waals surface area contributed by atoms with Crippen LogP contribution in [0.25, 0.3) is 0 Å². The number of hydrogen-bond donors (Lipinski definition) is 0. The highest BCUT2D eigenvalue weighted by atomic mass is 35.5. The number of likely N-dealkylation sites (tertiary alicyclic amines) is 1. The van der Waals surface area contributed by atoms with Crippen molar-refractivity contribution >= 4 is 23.4 Å². The molecule has 26 heavy (non-hydrogen) atoms. The highest BCUT2D eigenvalue weighted by Crippen LogP contribution is 2.28. The van der Waals surface area contributed by atoms with Gasteiger partial charge in [0.05, 0.1) is 10.6 Å². The van der Waals surface area contributed by atoms with Gasteiger partial charge in [-0.25, -0.2) is 0 Å². The van der Waals surface area contributed by atoms with Crippen LogP contribution in [0.2, 0.25) is 5.02 Å². The lowest BCUT2D eigenvalue weighted by atomic mass is 9.92. The third-order valence-corrected chi connectivity index (χ3v) is 5.65. The van der Waals surface area contributed by atoms with Crippen LogP contribution in [0.1, 0.15) is 34.3 Å². The van der Waals surface area contributed by atoms with E-state index < -0.39 is 6.04 Å². The van der Waals surface area contributed by atoms with Gasteiger partial charge in [0, 0.05) is 26.1 Å². The molecule has 2 amide bonds. The van der Waals surface area contributed by atoms with Crippen molar-refractivity contribution in [1.82, 2.24) is 9.80 Å². The normalized spacial score (nSPS) is 19.3. The van der Waals surface area contributed by atoms with E-state index >= 15 is 0 Å². The minimum absolute atomic E-state index is 0.0532. The summed E-state index contributed by atoms with van der Waals surface area (Å²) in [5, 5.41) is 0.420. The summed E-state index contributed by atoms with van der Waals surface area (Å²) in [6.45, 7) is 2.00. The van der Waals surface area contributed by atoms with E-state index in [4.69, 9.17) is 11.6 Å². The zero-order chi connectivity index (χ0) is 18.1. The number of nitrogens with zero attached hydrogens (tertiary/aromatic N) is 2. The van der Waals surface area contributed by atoms with Crippen LogP contribution in [0.3, 0.4) is 0 Å². The summed E-state index contributed by atoms with van der Waals surface area (Å²) in [4.78, 5) is 30.0. The fourth-order valence-corrected chi connectivity index (χ4v) is 4.11. The molecule has 0 bridgehead atoms. The van der Waals surface area contributed by atoms with Gasteiger partial charge in [0.15, 0.2) is 0 Å². The Bertz CT molecular complexity index is 845. The monoisotopic (exact) mass is 368 g/mol. The summed E-state index contributed by atoms with van der Waals surface area (Å²) < 4.78 is 0. The Morgan fingerprint density at radius 2 is 1.58 bits per heavy atom. The van der Waals surface area contributed by atoms with Crippen LogP contribution >= 0.6 is 11.6 Å². The molecule has 1 saturated heterocycles. The number of rotatable bonds is 2. The van der Waals surface area contributed by atoms with E-state index in [0.717, 1.165) is 37.1 Å². The molecule has 2 aromatic carbocycles. The van der Waals surface area contributed by atoms with Gasteiger partial charge in [-0.3, -0.25) is 9.59 Å². The van der Waals surface area contributed by atoms with Crippen molar-refractivity contribution in [2.45, 2.75) is 31.8 Å². The number of amides is 2. The maximum Gasteiger partial charge on any atom is 0.256 e. The molecule has 4 nitrogen and oxygen atoms in total. The standard InChI is InChI=1S/C21H21ClN2O2/c22-18-10-4-3-9-17(18)20(25)24-14-16-8-2-1-7-15(16)13-19(24)21(26)23-11-5-6-12-23/h1-4,7-10,19H,5-6,11-14H2. The molecule has 4 rings (SSSR count). The highest BCUT2D eigenvalue weighted by molar-refractivity contribution is 6.33. The lowest BCUT2D eigenvalue weighted by molar-refractivity contribution is -0.135. The Labute approximate surface area is 158 Å². The van der Waals surface area contributed by atoms with Gasteiger partial charge in [-0.1, -0.05) is 48.0 Å². The fourth-order valence-electron chi connectivity index (χ4n) is 3.89. The third-order valence-electron chi connectivity index (χ3n) is 5.32. The molecule has 2 heterocycles. The lowest BCUT2D eigenvalue weighted by Gasteiger charge is -2.38. The first kappa shape index (κ1) is 17.1. The predicted molar refractivity (Wildman–Crippen MR) is 101 cm³/mol. The summed E-state index contributed by atoms with van der Waals surface area (Å²) in [6, 6.07) is 14.6. The number of halogens is 1. The third kappa shape index (κ3) is 3.10. The Morgan fingerprint density at radius 3 is 2.31 bits per heavy atom. The van der Waals surface area contributed by atoms with E-state index in [2.05, 4.69) is 6.07 Å². The van der Waals surface area contributed by atoms with Crippen molar-refractivity contribution in [2.24, 2.45) is 0 Å². The van der Waals surface area contributed by atoms with Crippen molar-refractivity contribution in [3.63, 3.8) is 0 Å². The summed E-state index contributed by atoms with van der Waals surface area (Å²) in [5.41, 5.74) is 2.69. The van der Waals surface area contributed by atoms with E-state index in [1.165, 1.54) is 0 Å². The average molecular weight is 369 g/mol. The smallest absolute Gasteiger partial charge is 0.256 e. The number of fused-ring (bicyclic) bond motifs is 1. The van der Waals surface area contributed by atoms with Crippen LogP contribution in [0, 0.1) is 0 Å². The largest absolute Gasteiger partial charge is 0.341 e. The zero-order valence-corrected chi connectivity index (χ0v) is 15.3. The van der Waals surface area contributed by atoms with Crippen molar-refractivity contribution < 1.29 is 9.59 Å². The molecule has 1 atom stereocenters. The summed E-state index contributed by atoms with van der Waals surface area (Å²) in [7, 11) is 0. The summed E-state index contributed by atoms with van der Waals surface area (Å²) in [5.74, 6) is -0.125. The van der Waals surface area contributed by atoms with Gasteiger partial charge in [0.2, 0.25) is 5.91 Å². The van der Waals surface area contributed by atoms with Gasteiger partial charge in [-0.05, 0) is 36.1 Å². The molecule has 5 heteroatoms. The zero-order valence-electron chi connectivity index (χ0n) is 14.5. The molecule has 0 aromatic heterocycles. The first-order valence-corrected chi connectivity index (χ1v) is 9.44. The lowest BCUT2D eigenvalue weighted by Crippen LogP contribution is -2.53. The Morgan fingerprint density at radius 1 is 0.923 bits per heavy atom. The van der Waals surface area contributed by atoms with Gasteiger partial charge < -0.3 is 9.80 Å². The number of carbonyl (C=O) groups is 2. The molecule has 0 aliphatic carbocycles. The van der Waals surface area contributed by atoms with Gasteiger partial charge in [0.1, 0.15) is 6.04 Å². The van der Waals surface area contributed by atoms with Crippen LogP contribution in [-0.4, -0.2) is 40.7 Å². The number of hydrogen-bond acceptors (Lipinski definition) is 2. The van der Waals surface area contributed by atoms with Gasteiger partial charge in [0.25, 0.3) is 5.91 Å². The Kier molecular flexibility index (Phi) is 4.68. The SMILES string of the molecule is O=C(C1Cc2ccccc2CN1C(=O)c1ccccc1Cl)N1CCCC1. The van der Waals surface area contributed by atoms with Gasteiger partial charge >= 0.3 is 0 Å². The second-order valence-corrected chi connectivity index (χ2v) is 7.34. The van der Waals surface area contributed by atoms with E-state index in [1.807, 2.05) is 23.1 Å². The van der Waals surface area contributed by atoms with Gasteiger partial charge in [-0.15, -0.1) is 0 Å². The molecule has 2 aromatic rings. The maximum atomic E-state index is 13.2. The molecule has 1 unspecified atom stereocenters. The van der Waals surface area contributed by atoms with E-state index in [-0.39, 0.29) is 11.8 Å². The molecule has 0 saturated carbocycles. The quantitative estimate of drug-likeness (QED) is 0.813. The molecular formula is C21H21ClN2O2. The number of carbonyl (C=O) groups excluding carboxylic acids is 2. The first-order chi connectivity index (χ1) is 12.6. The van der Waals surface area contributed by atoms with Gasteiger partial charge in [-0.2, -0.15) is 0 Å². The molecule has 0 spiro atoms. The first-order valence-electron chi connectivity index (χ1n) is 9.06. The van der Waals surface area contributed by atoms with Crippen molar-refractivity contribution in [2.75, 3.05) is 13.1 Å². The van der Waals surface area contributed by atoms with Crippen LogP contribution in [0.4, 0.5) is 0 Å². The molecule has 0 N–H and O–H groups in total. The van der Waals surface area contributed by atoms with E-state index in [1.54, 1.807) is 29.2 Å². The van der Waals surface area contributed by atoms with Crippen molar-refractivity contribution in [1.29, 1.82) is 0 Å². The van der Waals surface area contributed by atoms with E-state index in [0.29, 0.717) is 23.6 Å². The fraction of sp³-hybridized carbons (Fsp3) is 0.333. The second-order valence-electron chi connectivity index (χ2n) is 6.93. The Balaban J connectivity index is 1.70. The Hall–Kier alpha value is -2.33. The molecule has 2 aliphatic rings. The summed E-state index contributed by atoms with van der Waals surface area (Å²) in [6.07, 6.45) is 2.63. The minimum Gasteiger partial charge on any atom is -0.341 e. The van der Waals surface area contributed by atoms with Crippen molar-refractivity contribution in [3.05, 3.63) is 70.2 Å². The molecule has 2 aliphatic heterocycles. The predicted octanol–water partition coefficient (Wildman–Crippen LogP) is 3.53. The van der Waals surface area contributed by atoms with Crippen molar-refractivity contribution in [3.8, 4) is 0 Å². The topological polar surface area (TPSA) is 40.6 Å².